The zero-order chi connectivity index (χ0) is 11.8. The molecule has 1 N–H and O–H groups in total. The third-order valence-electron chi connectivity index (χ3n) is 2.57. The highest BCUT2D eigenvalue weighted by Gasteiger charge is 2.09. The first-order chi connectivity index (χ1) is 8.28. The quantitative estimate of drug-likeness (QED) is 0.752. The van der Waals surface area contributed by atoms with Gasteiger partial charge in [0.1, 0.15) is 5.01 Å². The van der Waals surface area contributed by atoms with Crippen LogP contribution in [0.3, 0.4) is 0 Å². The Labute approximate surface area is 102 Å². The summed E-state index contributed by atoms with van der Waals surface area (Å²) >= 11 is 1.54. The van der Waals surface area contributed by atoms with E-state index in [0.29, 0.717) is 0 Å². The van der Waals surface area contributed by atoms with Crippen LogP contribution in [-0.2, 0) is 0 Å². The Morgan fingerprint density at radius 2 is 1.94 bits per heavy atom. The van der Waals surface area contributed by atoms with E-state index in [9.17, 15) is 0 Å². The standard InChI is InChI=1S/C11H11N5S/c1-7-13-14-11-16(7)15-10(17-11)8-3-5-9(12-2)6-4-8/h3-6,12H,1-2H3. The Kier molecular flexibility index (Phi) is 2.29. The van der Waals surface area contributed by atoms with E-state index >= 15 is 0 Å². The number of hydrogen-bond acceptors (Lipinski definition) is 5. The smallest absolute Gasteiger partial charge is 0.234 e. The molecule has 0 unspecified atom stereocenters. The van der Waals surface area contributed by atoms with E-state index < -0.39 is 0 Å². The maximum atomic E-state index is 4.49. The zero-order valence-electron chi connectivity index (χ0n) is 9.51. The van der Waals surface area contributed by atoms with Crippen molar-refractivity contribution in [2.24, 2.45) is 0 Å². The fourth-order valence-corrected chi connectivity index (χ4v) is 2.50. The molecular formula is C11H11N5S. The van der Waals surface area contributed by atoms with Crippen molar-refractivity contribution in [1.82, 2.24) is 19.8 Å². The first-order valence-corrected chi connectivity index (χ1v) is 6.06. The van der Waals surface area contributed by atoms with Gasteiger partial charge in [0.25, 0.3) is 0 Å². The van der Waals surface area contributed by atoms with Crippen molar-refractivity contribution < 1.29 is 0 Å². The molecule has 0 bridgehead atoms. The summed E-state index contributed by atoms with van der Waals surface area (Å²) in [6, 6.07) is 8.16. The van der Waals surface area contributed by atoms with Crippen LogP contribution in [0.1, 0.15) is 5.82 Å². The largest absolute Gasteiger partial charge is 0.388 e. The Morgan fingerprint density at radius 3 is 2.59 bits per heavy atom. The van der Waals surface area contributed by atoms with E-state index in [0.717, 1.165) is 27.0 Å². The molecule has 6 heteroatoms. The maximum Gasteiger partial charge on any atom is 0.234 e. The molecule has 0 saturated carbocycles. The minimum Gasteiger partial charge on any atom is -0.388 e. The molecule has 86 valence electrons. The van der Waals surface area contributed by atoms with Crippen LogP contribution in [0.4, 0.5) is 5.69 Å². The van der Waals surface area contributed by atoms with E-state index in [-0.39, 0.29) is 0 Å². The molecule has 0 spiro atoms. The normalized spacial score (nSPS) is 10.9. The first kappa shape index (κ1) is 10.2. The predicted molar refractivity (Wildman–Crippen MR) is 68.4 cm³/mol. The average molecular weight is 245 g/mol. The van der Waals surface area contributed by atoms with Gasteiger partial charge in [-0.2, -0.15) is 9.61 Å². The van der Waals surface area contributed by atoms with E-state index in [4.69, 9.17) is 0 Å². The summed E-state index contributed by atoms with van der Waals surface area (Å²) in [5, 5.41) is 16.6. The molecule has 0 amide bonds. The van der Waals surface area contributed by atoms with Crippen molar-refractivity contribution in [3.05, 3.63) is 30.1 Å². The summed E-state index contributed by atoms with van der Waals surface area (Å²) < 4.78 is 1.77. The number of hydrogen-bond donors (Lipinski definition) is 1. The molecule has 3 aromatic rings. The van der Waals surface area contributed by atoms with Gasteiger partial charge in [0.15, 0.2) is 5.82 Å². The number of aryl methyl sites for hydroxylation is 1. The van der Waals surface area contributed by atoms with Gasteiger partial charge in [-0.3, -0.25) is 0 Å². The summed E-state index contributed by atoms with van der Waals surface area (Å²) in [7, 11) is 1.90. The monoisotopic (exact) mass is 245 g/mol. The minimum absolute atomic E-state index is 0.814. The second-order valence-electron chi connectivity index (χ2n) is 3.68. The second-order valence-corrected chi connectivity index (χ2v) is 4.63. The van der Waals surface area contributed by atoms with Crippen molar-refractivity contribution >= 4 is 22.0 Å². The Morgan fingerprint density at radius 1 is 1.18 bits per heavy atom. The summed E-state index contributed by atoms with van der Waals surface area (Å²) in [4.78, 5) is 0.829. The van der Waals surface area contributed by atoms with Crippen LogP contribution in [0.2, 0.25) is 0 Å². The number of nitrogens with zero attached hydrogens (tertiary/aromatic N) is 4. The fraction of sp³-hybridized carbons (Fsp3) is 0.182. The maximum absolute atomic E-state index is 4.49. The van der Waals surface area contributed by atoms with E-state index in [2.05, 4.69) is 20.6 Å². The number of benzene rings is 1. The molecule has 5 nitrogen and oxygen atoms in total. The molecule has 0 aliphatic rings. The Balaban J connectivity index is 2.07. The molecule has 0 fully saturated rings. The highest BCUT2D eigenvalue weighted by molar-refractivity contribution is 7.19. The second kappa shape index (κ2) is 3.81. The topological polar surface area (TPSA) is 55.1 Å². The Hall–Kier alpha value is -1.95. The molecule has 17 heavy (non-hydrogen) atoms. The van der Waals surface area contributed by atoms with Gasteiger partial charge in [-0.25, -0.2) is 0 Å². The van der Waals surface area contributed by atoms with Gasteiger partial charge in [-0.15, -0.1) is 10.2 Å². The molecule has 2 heterocycles. The number of fused-ring (bicyclic) bond motifs is 1. The van der Waals surface area contributed by atoms with E-state index in [1.54, 1.807) is 15.9 Å². The van der Waals surface area contributed by atoms with Crippen LogP contribution in [0.25, 0.3) is 15.5 Å². The van der Waals surface area contributed by atoms with Crippen LogP contribution < -0.4 is 5.32 Å². The summed E-state index contributed by atoms with van der Waals surface area (Å²) in [6.07, 6.45) is 0. The van der Waals surface area contributed by atoms with Crippen LogP contribution >= 0.6 is 11.3 Å². The van der Waals surface area contributed by atoms with E-state index in [1.807, 2.05) is 38.2 Å². The summed E-state index contributed by atoms with van der Waals surface area (Å²) in [5.41, 5.74) is 2.19. The summed E-state index contributed by atoms with van der Waals surface area (Å²) in [5.74, 6) is 0.814. The molecule has 0 atom stereocenters. The lowest BCUT2D eigenvalue weighted by Gasteiger charge is -1.99. The van der Waals surface area contributed by atoms with Gasteiger partial charge in [0.2, 0.25) is 4.96 Å². The fourth-order valence-electron chi connectivity index (χ4n) is 1.61. The molecule has 0 saturated heterocycles. The van der Waals surface area contributed by atoms with E-state index in [1.165, 1.54) is 0 Å². The number of rotatable bonds is 2. The lowest BCUT2D eigenvalue weighted by Crippen LogP contribution is -1.89. The van der Waals surface area contributed by atoms with Crippen LogP contribution in [0.15, 0.2) is 24.3 Å². The van der Waals surface area contributed by atoms with Crippen molar-refractivity contribution in [3.63, 3.8) is 0 Å². The van der Waals surface area contributed by atoms with Crippen molar-refractivity contribution in [3.8, 4) is 10.6 Å². The van der Waals surface area contributed by atoms with Crippen molar-refractivity contribution in [2.45, 2.75) is 6.92 Å². The van der Waals surface area contributed by atoms with Gasteiger partial charge in [0.05, 0.1) is 0 Å². The summed E-state index contributed by atoms with van der Waals surface area (Å²) in [6.45, 7) is 1.90. The van der Waals surface area contributed by atoms with Crippen LogP contribution in [0.5, 0.6) is 0 Å². The number of nitrogens with one attached hydrogen (secondary N) is 1. The minimum atomic E-state index is 0.814. The molecule has 0 aliphatic heterocycles. The molecule has 0 radical (unpaired) electrons. The Bertz CT molecular complexity index is 652. The molecule has 2 aromatic heterocycles. The number of aromatic nitrogens is 4. The van der Waals surface area contributed by atoms with Gasteiger partial charge in [-0.1, -0.05) is 11.3 Å². The zero-order valence-corrected chi connectivity index (χ0v) is 10.3. The van der Waals surface area contributed by atoms with Crippen LogP contribution in [-0.4, -0.2) is 26.9 Å². The van der Waals surface area contributed by atoms with Gasteiger partial charge in [-0.05, 0) is 31.2 Å². The van der Waals surface area contributed by atoms with Gasteiger partial charge >= 0.3 is 0 Å². The molecule has 1 aromatic carbocycles. The average Bonchev–Trinajstić information content (AvgIpc) is 2.92. The number of anilines is 1. The molecule has 0 aliphatic carbocycles. The first-order valence-electron chi connectivity index (χ1n) is 5.25. The SMILES string of the molecule is CNc1ccc(-c2nn3c(C)nnc3s2)cc1. The highest BCUT2D eigenvalue weighted by Crippen LogP contribution is 2.26. The third-order valence-corrected chi connectivity index (χ3v) is 3.52. The van der Waals surface area contributed by atoms with Gasteiger partial charge < -0.3 is 5.32 Å². The van der Waals surface area contributed by atoms with Crippen molar-refractivity contribution in [1.29, 1.82) is 0 Å². The lowest BCUT2D eigenvalue weighted by atomic mass is 10.2. The highest BCUT2D eigenvalue weighted by atomic mass is 32.1. The molecule has 3 rings (SSSR count). The third kappa shape index (κ3) is 1.66. The van der Waals surface area contributed by atoms with Gasteiger partial charge in [0, 0.05) is 18.3 Å². The molecular weight excluding hydrogens is 234 g/mol. The lowest BCUT2D eigenvalue weighted by molar-refractivity contribution is 0.898. The predicted octanol–water partition coefficient (Wildman–Crippen LogP) is 2.20. The van der Waals surface area contributed by atoms with Crippen molar-refractivity contribution in [2.75, 3.05) is 12.4 Å². The van der Waals surface area contributed by atoms with Crippen LogP contribution in [0, 0.1) is 6.92 Å².